The molecule has 0 fully saturated rings. The number of nitro groups is 1. The van der Waals surface area contributed by atoms with Crippen molar-refractivity contribution in [2.45, 2.75) is 13.0 Å². The second kappa shape index (κ2) is 8.11. The molecule has 0 bridgehead atoms. The van der Waals surface area contributed by atoms with Crippen LogP contribution < -0.4 is 15.6 Å². The van der Waals surface area contributed by atoms with Crippen molar-refractivity contribution in [3.63, 3.8) is 0 Å². The molecule has 2 rings (SSSR count). The largest absolute Gasteiger partial charge is 0.481 e. The van der Waals surface area contributed by atoms with Crippen molar-refractivity contribution in [1.29, 1.82) is 0 Å². The van der Waals surface area contributed by atoms with Crippen LogP contribution in [0, 0.1) is 10.1 Å². The van der Waals surface area contributed by atoms with Gasteiger partial charge in [0.05, 0.1) is 15.5 Å². The maximum Gasteiger partial charge on any atom is 0.279 e. The Kier molecular flexibility index (Phi) is 5.91. The van der Waals surface area contributed by atoms with Crippen LogP contribution in [-0.4, -0.2) is 22.8 Å². The fourth-order valence-electron chi connectivity index (χ4n) is 1.85. The second-order valence-electron chi connectivity index (χ2n) is 4.94. The van der Waals surface area contributed by atoms with Crippen molar-refractivity contribution in [1.82, 2.24) is 10.9 Å². The van der Waals surface area contributed by atoms with Crippen LogP contribution in [-0.2, 0) is 4.79 Å². The summed E-state index contributed by atoms with van der Waals surface area (Å²) in [6, 6.07) is 12.1. The van der Waals surface area contributed by atoms with E-state index >= 15 is 0 Å². The van der Waals surface area contributed by atoms with E-state index in [0.29, 0.717) is 5.75 Å². The molecule has 2 aromatic rings. The summed E-state index contributed by atoms with van der Waals surface area (Å²) in [5.74, 6) is -0.773. The third-order valence-corrected chi connectivity index (χ3v) is 3.45. The summed E-state index contributed by atoms with van der Waals surface area (Å²) in [6.07, 6.45) is -0.852. The summed E-state index contributed by atoms with van der Waals surface area (Å²) in [5, 5.41) is 10.5. The topological polar surface area (TPSA) is 111 Å². The van der Waals surface area contributed by atoms with Crippen LogP contribution in [0.25, 0.3) is 0 Å². The van der Waals surface area contributed by atoms with E-state index in [0.717, 1.165) is 12.1 Å². The van der Waals surface area contributed by atoms with Gasteiger partial charge in [-0.15, -0.1) is 0 Å². The molecule has 0 aliphatic rings. The molecule has 0 saturated carbocycles. The number of hydrogen-bond acceptors (Lipinski definition) is 5. The lowest BCUT2D eigenvalue weighted by molar-refractivity contribution is -0.384. The van der Waals surface area contributed by atoms with E-state index in [4.69, 9.17) is 16.3 Å². The second-order valence-corrected chi connectivity index (χ2v) is 5.34. The van der Waals surface area contributed by atoms with Gasteiger partial charge in [-0.3, -0.25) is 30.6 Å². The van der Waals surface area contributed by atoms with Crippen LogP contribution >= 0.6 is 11.6 Å². The summed E-state index contributed by atoms with van der Waals surface area (Å²) >= 11 is 5.85. The molecule has 9 heteroatoms. The van der Waals surface area contributed by atoms with E-state index < -0.39 is 22.8 Å². The van der Waals surface area contributed by atoms with Crippen molar-refractivity contribution in [3.8, 4) is 5.75 Å². The minimum Gasteiger partial charge on any atom is -0.481 e. The lowest BCUT2D eigenvalue weighted by Gasteiger charge is -2.15. The number of halogens is 1. The Bertz CT molecular complexity index is 798. The first-order chi connectivity index (χ1) is 11.9. The molecular formula is C16H14ClN3O5. The number of nitrogens with one attached hydrogen (secondary N) is 2. The number of benzene rings is 2. The van der Waals surface area contributed by atoms with E-state index in [1.54, 1.807) is 24.3 Å². The SMILES string of the molecule is CC(Oc1ccccc1)C(=O)NNC(=O)c1ccc([N+](=O)[O-])cc1Cl. The number of carbonyl (C=O) groups excluding carboxylic acids is 2. The fourth-order valence-corrected chi connectivity index (χ4v) is 2.11. The number of hydrogen-bond donors (Lipinski definition) is 2. The first kappa shape index (κ1) is 18.2. The van der Waals surface area contributed by atoms with Crippen LogP contribution in [0.4, 0.5) is 5.69 Å². The monoisotopic (exact) mass is 363 g/mol. The molecule has 0 heterocycles. The molecule has 2 N–H and O–H groups in total. The molecule has 1 unspecified atom stereocenters. The number of hydrazine groups is 1. The summed E-state index contributed by atoms with van der Waals surface area (Å²) in [7, 11) is 0. The quantitative estimate of drug-likeness (QED) is 0.626. The molecule has 0 aromatic heterocycles. The van der Waals surface area contributed by atoms with Crippen molar-refractivity contribution in [2.75, 3.05) is 0 Å². The Morgan fingerprint density at radius 2 is 1.84 bits per heavy atom. The number of nitro benzene ring substituents is 1. The Hall–Kier alpha value is -3.13. The molecule has 0 saturated heterocycles. The number of rotatable bonds is 5. The zero-order chi connectivity index (χ0) is 18.4. The zero-order valence-electron chi connectivity index (χ0n) is 13.1. The van der Waals surface area contributed by atoms with Gasteiger partial charge in [-0.1, -0.05) is 29.8 Å². The first-order valence-corrected chi connectivity index (χ1v) is 7.52. The fraction of sp³-hybridized carbons (Fsp3) is 0.125. The van der Waals surface area contributed by atoms with Crippen LogP contribution in [0.1, 0.15) is 17.3 Å². The van der Waals surface area contributed by atoms with Gasteiger partial charge in [0.15, 0.2) is 6.10 Å². The van der Waals surface area contributed by atoms with Crippen LogP contribution in [0.2, 0.25) is 5.02 Å². The molecule has 0 radical (unpaired) electrons. The van der Waals surface area contributed by atoms with Crippen LogP contribution in [0.15, 0.2) is 48.5 Å². The molecule has 0 aliphatic heterocycles. The molecule has 130 valence electrons. The lowest BCUT2D eigenvalue weighted by atomic mass is 10.2. The lowest BCUT2D eigenvalue weighted by Crippen LogP contribution is -2.47. The maximum atomic E-state index is 12.0. The van der Waals surface area contributed by atoms with Gasteiger partial charge in [-0.25, -0.2) is 0 Å². The zero-order valence-corrected chi connectivity index (χ0v) is 13.8. The smallest absolute Gasteiger partial charge is 0.279 e. The summed E-state index contributed by atoms with van der Waals surface area (Å²) in [4.78, 5) is 34.0. The van der Waals surface area contributed by atoms with Gasteiger partial charge in [0, 0.05) is 12.1 Å². The highest BCUT2D eigenvalue weighted by Gasteiger charge is 2.18. The molecule has 1 atom stereocenters. The minimum atomic E-state index is -0.852. The van der Waals surface area contributed by atoms with Crippen molar-refractivity contribution < 1.29 is 19.2 Å². The predicted octanol–water partition coefficient (Wildman–Crippen LogP) is 2.48. The normalized spacial score (nSPS) is 11.3. The Morgan fingerprint density at radius 1 is 1.16 bits per heavy atom. The summed E-state index contributed by atoms with van der Waals surface area (Å²) < 4.78 is 5.42. The highest BCUT2D eigenvalue weighted by molar-refractivity contribution is 6.34. The van der Waals surface area contributed by atoms with Gasteiger partial charge in [0.2, 0.25) is 0 Å². The highest BCUT2D eigenvalue weighted by atomic mass is 35.5. The van der Waals surface area contributed by atoms with Crippen molar-refractivity contribution >= 4 is 29.1 Å². The Balaban J connectivity index is 1.93. The number of carbonyl (C=O) groups is 2. The Labute approximate surface area is 147 Å². The molecule has 0 spiro atoms. The molecule has 8 nitrogen and oxygen atoms in total. The first-order valence-electron chi connectivity index (χ1n) is 7.14. The average molecular weight is 364 g/mol. The number of non-ortho nitro benzene ring substituents is 1. The number of amides is 2. The third kappa shape index (κ3) is 4.92. The van der Waals surface area contributed by atoms with Gasteiger partial charge in [0.25, 0.3) is 17.5 Å². The molecule has 0 aliphatic carbocycles. The van der Waals surface area contributed by atoms with Gasteiger partial charge in [0.1, 0.15) is 5.75 Å². The predicted molar refractivity (Wildman–Crippen MR) is 90.2 cm³/mol. The van der Waals surface area contributed by atoms with Crippen LogP contribution in [0.5, 0.6) is 5.75 Å². The van der Waals surface area contributed by atoms with E-state index in [-0.39, 0.29) is 16.3 Å². The third-order valence-electron chi connectivity index (χ3n) is 3.13. The number of para-hydroxylation sites is 1. The maximum absolute atomic E-state index is 12.0. The van der Waals surface area contributed by atoms with Gasteiger partial charge >= 0.3 is 0 Å². The summed E-state index contributed by atoms with van der Waals surface area (Å²) in [5.41, 5.74) is 4.14. The highest BCUT2D eigenvalue weighted by Crippen LogP contribution is 2.22. The molecule has 2 amide bonds. The number of nitrogens with zero attached hydrogens (tertiary/aromatic N) is 1. The molecule has 25 heavy (non-hydrogen) atoms. The van der Waals surface area contributed by atoms with Crippen molar-refractivity contribution in [2.24, 2.45) is 0 Å². The van der Waals surface area contributed by atoms with Crippen molar-refractivity contribution in [3.05, 3.63) is 69.2 Å². The van der Waals surface area contributed by atoms with E-state index in [2.05, 4.69) is 10.9 Å². The molecular weight excluding hydrogens is 350 g/mol. The number of ether oxygens (including phenoxy) is 1. The van der Waals surface area contributed by atoms with Crippen LogP contribution in [0.3, 0.4) is 0 Å². The average Bonchev–Trinajstić information content (AvgIpc) is 2.60. The van der Waals surface area contributed by atoms with Gasteiger partial charge < -0.3 is 4.74 Å². The standard InChI is InChI=1S/C16H14ClN3O5/c1-10(25-12-5-3-2-4-6-12)15(21)18-19-16(22)13-8-7-11(20(23)24)9-14(13)17/h2-10H,1H3,(H,18,21)(H,19,22). The van der Waals surface area contributed by atoms with Gasteiger partial charge in [-0.2, -0.15) is 0 Å². The van der Waals surface area contributed by atoms with E-state index in [1.165, 1.54) is 13.0 Å². The van der Waals surface area contributed by atoms with Gasteiger partial charge in [-0.05, 0) is 25.1 Å². The summed E-state index contributed by atoms with van der Waals surface area (Å²) in [6.45, 7) is 1.52. The minimum absolute atomic E-state index is 0.0100. The molecule has 2 aromatic carbocycles. The van der Waals surface area contributed by atoms with E-state index in [1.807, 2.05) is 6.07 Å². The van der Waals surface area contributed by atoms with E-state index in [9.17, 15) is 19.7 Å². The Morgan fingerprint density at radius 3 is 2.44 bits per heavy atom.